The number of anilines is 2. The molecule has 1 aliphatic carbocycles. The fraction of sp³-hybridized carbons (Fsp3) is 0.100. The molecule has 0 N–H and O–H groups in total. The molecule has 4 nitrogen and oxygen atoms in total. The molecule has 0 saturated heterocycles. The molecule has 132 valence electrons. The van der Waals surface area contributed by atoms with Crippen molar-refractivity contribution in [2.75, 3.05) is 23.9 Å². The van der Waals surface area contributed by atoms with Crippen molar-refractivity contribution in [1.82, 2.24) is 0 Å². The maximum absolute atomic E-state index is 12.7. The van der Waals surface area contributed by atoms with Crippen molar-refractivity contribution >= 4 is 68.1 Å². The third kappa shape index (κ3) is 4.01. The molecule has 0 heterocycles. The van der Waals surface area contributed by atoms with Gasteiger partial charge in [-0.3, -0.25) is 9.59 Å². The quantitative estimate of drug-likeness (QED) is 0.405. The van der Waals surface area contributed by atoms with Gasteiger partial charge in [0.25, 0.3) is 0 Å². The summed E-state index contributed by atoms with van der Waals surface area (Å²) in [6.07, 6.45) is 2.83. The Morgan fingerprint density at radius 3 is 1.23 bits per heavy atom. The van der Waals surface area contributed by atoms with Gasteiger partial charge in [-0.25, -0.2) is 0 Å². The van der Waals surface area contributed by atoms with Gasteiger partial charge in [0, 0.05) is 44.8 Å². The van der Waals surface area contributed by atoms with E-state index in [4.69, 9.17) is 0 Å². The molecule has 0 unspecified atom stereocenters. The van der Waals surface area contributed by atoms with E-state index in [2.05, 4.69) is 45.2 Å². The minimum absolute atomic E-state index is 0.182. The Morgan fingerprint density at radius 1 is 0.615 bits per heavy atom. The van der Waals surface area contributed by atoms with E-state index in [0.29, 0.717) is 11.4 Å². The van der Waals surface area contributed by atoms with E-state index in [0.717, 1.165) is 18.5 Å². The van der Waals surface area contributed by atoms with E-state index in [1.54, 1.807) is 23.9 Å². The summed E-state index contributed by atoms with van der Waals surface area (Å²) in [4.78, 5) is 28.8. The molecule has 0 spiro atoms. The second-order valence-electron chi connectivity index (χ2n) is 5.86. The molecule has 0 aliphatic heterocycles. The molecule has 2 aromatic carbocycles. The minimum atomic E-state index is -0.182. The lowest BCUT2D eigenvalue weighted by Gasteiger charge is -2.27. The molecule has 2 aromatic rings. The van der Waals surface area contributed by atoms with Gasteiger partial charge < -0.3 is 9.80 Å². The van der Waals surface area contributed by atoms with Crippen molar-refractivity contribution in [3.63, 3.8) is 0 Å². The molecular weight excluding hydrogens is 554 g/mol. The van der Waals surface area contributed by atoms with Crippen molar-refractivity contribution < 1.29 is 9.59 Å². The summed E-state index contributed by atoms with van der Waals surface area (Å²) in [6, 6.07) is 15.6. The predicted octanol–water partition coefficient (Wildman–Crippen LogP) is 4.39. The number of rotatable bonds is 4. The summed E-state index contributed by atoms with van der Waals surface area (Å²) in [6.45, 7) is 0. The van der Waals surface area contributed by atoms with Crippen LogP contribution in [0.2, 0.25) is 0 Å². The first-order chi connectivity index (χ1) is 12.4. The standard InChI is InChI=1S/C20H16I2N2O2/c1-23(15-7-3-13(21)4-8-15)17-11-20(26)18(12-19(17)25)24(2)16-9-5-14(22)6-10-16/h3-12H,1-2H3. The van der Waals surface area contributed by atoms with Gasteiger partial charge in [-0.1, -0.05) is 0 Å². The number of carbonyl (C=O) groups is 2. The van der Waals surface area contributed by atoms with Crippen molar-refractivity contribution in [1.29, 1.82) is 0 Å². The number of carbonyl (C=O) groups excluding carboxylic acids is 2. The van der Waals surface area contributed by atoms with Crippen LogP contribution in [0.3, 0.4) is 0 Å². The molecule has 0 amide bonds. The number of ketones is 2. The van der Waals surface area contributed by atoms with Gasteiger partial charge >= 0.3 is 0 Å². The Hall–Kier alpha value is -1.68. The molecule has 0 saturated carbocycles. The monoisotopic (exact) mass is 570 g/mol. The van der Waals surface area contributed by atoms with Crippen LogP contribution >= 0.6 is 45.2 Å². The van der Waals surface area contributed by atoms with E-state index >= 15 is 0 Å². The van der Waals surface area contributed by atoms with Crippen molar-refractivity contribution in [2.24, 2.45) is 0 Å². The van der Waals surface area contributed by atoms with Gasteiger partial charge in [0.15, 0.2) is 0 Å². The Morgan fingerprint density at radius 2 is 0.923 bits per heavy atom. The maximum Gasteiger partial charge on any atom is 0.204 e. The average molecular weight is 570 g/mol. The highest BCUT2D eigenvalue weighted by Crippen LogP contribution is 2.26. The van der Waals surface area contributed by atoms with Gasteiger partial charge in [0.2, 0.25) is 11.6 Å². The Balaban J connectivity index is 1.85. The maximum atomic E-state index is 12.7. The van der Waals surface area contributed by atoms with E-state index < -0.39 is 0 Å². The molecule has 26 heavy (non-hydrogen) atoms. The van der Waals surface area contributed by atoms with Crippen LogP contribution in [0.4, 0.5) is 11.4 Å². The average Bonchev–Trinajstić information content (AvgIpc) is 2.63. The molecule has 0 radical (unpaired) electrons. The largest absolute Gasteiger partial charge is 0.341 e. The smallest absolute Gasteiger partial charge is 0.204 e. The lowest BCUT2D eigenvalue weighted by Crippen LogP contribution is -2.31. The van der Waals surface area contributed by atoms with Gasteiger partial charge in [-0.15, -0.1) is 0 Å². The number of nitrogens with zero attached hydrogens (tertiary/aromatic N) is 2. The molecule has 3 rings (SSSR count). The molecule has 6 heteroatoms. The number of hydrogen-bond acceptors (Lipinski definition) is 4. The van der Waals surface area contributed by atoms with E-state index in [9.17, 15) is 9.59 Å². The molecule has 0 aromatic heterocycles. The zero-order valence-electron chi connectivity index (χ0n) is 14.2. The number of hydrogen-bond donors (Lipinski definition) is 0. The number of allylic oxidation sites excluding steroid dienone is 2. The third-order valence-electron chi connectivity index (χ3n) is 4.19. The lowest BCUT2D eigenvalue weighted by atomic mass is 10.0. The highest BCUT2D eigenvalue weighted by atomic mass is 127. The third-order valence-corrected chi connectivity index (χ3v) is 5.63. The predicted molar refractivity (Wildman–Crippen MR) is 121 cm³/mol. The normalized spacial score (nSPS) is 14.0. The SMILES string of the molecule is CN(C1=CC(=O)C(N(C)c2ccc(I)cc2)=CC1=O)c1ccc(I)cc1. The van der Waals surface area contributed by atoms with Crippen LogP contribution in [0.25, 0.3) is 0 Å². The molecule has 0 atom stereocenters. The van der Waals surface area contributed by atoms with Gasteiger partial charge in [-0.05, 0) is 93.7 Å². The van der Waals surface area contributed by atoms with E-state index in [-0.39, 0.29) is 11.6 Å². The summed E-state index contributed by atoms with van der Waals surface area (Å²) in [5.74, 6) is -0.365. The second kappa shape index (κ2) is 7.91. The number of likely N-dealkylation sites (N-methyl/N-ethyl adjacent to an activating group) is 2. The topological polar surface area (TPSA) is 40.6 Å². The van der Waals surface area contributed by atoms with Crippen LogP contribution in [0.5, 0.6) is 0 Å². The summed E-state index contributed by atoms with van der Waals surface area (Å²) in [5.41, 5.74) is 2.47. The lowest BCUT2D eigenvalue weighted by molar-refractivity contribution is -0.115. The molecule has 0 bridgehead atoms. The fourth-order valence-electron chi connectivity index (χ4n) is 2.67. The zero-order chi connectivity index (χ0) is 18.8. The van der Waals surface area contributed by atoms with Crippen molar-refractivity contribution in [3.05, 3.63) is 79.2 Å². The Kier molecular flexibility index (Phi) is 5.81. The second-order valence-corrected chi connectivity index (χ2v) is 8.35. The Labute approximate surface area is 179 Å². The van der Waals surface area contributed by atoms with Crippen LogP contribution in [0.15, 0.2) is 72.1 Å². The molecular formula is C20H16I2N2O2. The van der Waals surface area contributed by atoms with Crippen LogP contribution in [0, 0.1) is 7.14 Å². The van der Waals surface area contributed by atoms with Crippen LogP contribution in [-0.2, 0) is 9.59 Å². The van der Waals surface area contributed by atoms with Gasteiger partial charge in [0.1, 0.15) is 0 Å². The molecule has 1 aliphatic rings. The van der Waals surface area contributed by atoms with Gasteiger partial charge in [-0.2, -0.15) is 0 Å². The van der Waals surface area contributed by atoms with E-state index in [1.165, 1.54) is 12.2 Å². The van der Waals surface area contributed by atoms with Crippen LogP contribution in [-0.4, -0.2) is 25.7 Å². The highest BCUT2D eigenvalue weighted by Gasteiger charge is 2.26. The summed E-state index contributed by atoms with van der Waals surface area (Å²) in [5, 5.41) is 0. The van der Waals surface area contributed by atoms with E-state index in [1.807, 2.05) is 48.5 Å². The fourth-order valence-corrected chi connectivity index (χ4v) is 3.39. The number of benzene rings is 2. The zero-order valence-corrected chi connectivity index (χ0v) is 18.6. The summed E-state index contributed by atoms with van der Waals surface area (Å²) >= 11 is 4.46. The van der Waals surface area contributed by atoms with Gasteiger partial charge in [0.05, 0.1) is 11.4 Å². The first-order valence-corrected chi connectivity index (χ1v) is 10.0. The highest BCUT2D eigenvalue weighted by molar-refractivity contribution is 14.1. The number of halogens is 2. The molecule has 0 fully saturated rings. The first kappa shape index (κ1) is 19.1. The summed E-state index contributed by atoms with van der Waals surface area (Å²) < 4.78 is 2.22. The van der Waals surface area contributed by atoms with Crippen molar-refractivity contribution in [3.8, 4) is 0 Å². The van der Waals surface area contributed by atoms with Crippen LogP contribution < -0.4 is 9.80 Å². The summed E-state index contributed by atoms with van der Waals surface area (Å²) in [7, 11) is 3.59. The van der Waals surface area contributed by atoms with Crippen molar-refractivity contribution in [2.45, 2.75) is 0 Å². The first-order valence-electron chi connectivity index (χ1n) is 7.87. The Bertz CT molecular complexity index is 838. The van der Waals surface area contributed by atoms with Crippen LogP contribution in [0.1, 0.15) is 0 Å². The minimum Gasteiger partial charge on any atom is -0.341 e.